The molecular formula is C17H21. The van der Waals surface area contributed by atoms with E-state index in [2.05, 4.69) is 51.8 Å². The van der Waals surface area contributed by atoms with Crippen LogP contribution in [0.3, 0.4) is 0 Å². The van der Waals surface area contributed by atoms with E-state index in [1.54, 1.807) is 0 Å². The largest absolute Gasteiger partial charge is 0.0843 e. The number of fused-ring (bicyclic) bond motifs is 1. The van der Waals surface area contributed by atoms with Crippen molar-refractivity contribution in [2.45, 2.75) is 51.9 Å². The summed E-state index contributed by atoms with van der Waals surface area (Å²) in [7, 11) is 0. The molecule has 89 valence electrons. The Morgan fingerprint density at radius 2 is 2.06 bits per heavy atom. The lowest BCUT2D eigenvalue weighted by Gasteiger charge is -2.41. The van der Waals surface area contributed by atoms with Crippen LogP contribution in [0, 0.1) is 18.3 Å². The molecule has 0 fully saturated rings. The molecule has 1 aromatic carbocycles. The van der Waals surface area contributed by atoms with E-state index in [4.69, 9.17) is 6.42 Å². The quantitative estimate of drug-likeness (QED) is 0.627. The van der Waals surface area contributed by atoms with Crippen molar-refractivity contribution >= 4 is 0 Å². The van der Waals surface area contributed by atoms with Gasteiger partial charge in [0.15, 0.2) is 0 Å². The normalized spacial score (nSPS) is 26.1. The summed E-state index contributed by atoms with van der Waals surface area (Å²) in [5.41, 5.74) is 4.48. The van der Waals surface area contributed by atoms with Crippen LogP contribution >= 0.6 is 0 Å². The maximum Gasteiger partial charge on any atom is 0.0350 e. The highest BCUT2D eigenvalue weighted by Crippen LogP contribution is 2.46. The van der Waals surface area contributed by atoms with Crippen LogP contribution in [-0.4, -0.2) is 0 Å². The SMILES string of the molecule is [C]#CCc1ccc2c(c1)C(C)CC(C)C2(C)C. The van der Waals surface area contributed by atoms with Crippen LogP contribution in [-0.2, 0) is 11.8 Å². The van der Waals surface area contributed by atoms with Crippen LogP contribution in [0.2, 0.25) is 0 Å². The summed E-state index contributed by atoms with van der Waals surface area (Å²) in [4.78, 5) is 0. The fourth-order valence-electron chi connectivity index (χ4n) is 3.04. The first-order valence-corrected chi connectivity index (χ1v) is 6.49. The topological polar surface area (TPSA) is 0 Å². The Balaban J connectivity index is 2.51. The van der Waals surface area contributed by atoms with Crippen molar-refractivity contribution in [2.24, 2.45) is 5.92 Å². The van der Waals surface area contributed by atoms with Crippen LogP contribution in [0.5, 0.6) is 0 Å². The van der Waals surface area contributed by atoms with Crippen molar-refractivity contribution in [2.75, 3.05) is 0 Å². The van der Waals surface area contributed by atoms with Gasteiger partial charge >= 0.3 is 0 Å². The average Bonchev–Trinajstić information content (AvgIpc) is 2.27. The molecule has 1 aliphatic carbocycles. The lowest BCUT2D eigenvalue weighted by molar-refractivity contribution is 0.281. The standard InChI is InChI=1S/C17H21/c1-6-7-14-8-9-16-15(11-14)12(2)10-13(3)17(16,4)5/h8-9,11-13H,7,10H2,2-5H3. The smallest absolute Gasteiger partial charge is 0.0350 e. The number of hydrogen-bond acceptors (Lipinski definition) is 0. The molecule has 1 aliphatic rings. The van der Waals surface area contributed by atoms with Gasteiger partial charge in [-0.2, -0.15) is 0 Å². The molecule has 0 saturated carbocycles. The summed E-state index contributed by atoms with van der Waals surface area (Å²) in [5.74, 6) is 3.85. The minimum Gasteiger partial charge on any atom is -0.0843 e. The lowest BCUT2D eigenvalue weighted by Crippen LogP contribution is -2.33. The Hall–Kier alpha value is -1.22. The summed E-state index contributed by atoms with van der Waals surface area (Å²) in [6, 6.07) is 6.72. The van der Waals surface area contributed by atoms with Gasteiger partial charge in [0.2, 0.25) is 0 Å². The molecule has 1 aromatic rings. The van der Waals surface area contributed by atoms with Gasteiger partial charge in [-0.25, -0.2) is 0 Å². The maximum absolute atomic E-state index is 7.09. The van der Waals surface area contributed by atoms with E-state index in [0.717, 1.165) is 5.92 Å². The predicted octanol–water partition coefficient (Wildman–Crippen LogP) is 4.24. The Morgan fingerprint density at radius 3 is 2.71 bits per heavy atom. The summed E-state index contributed by atoms with van der Waals surface area (Å²) in [6.45, 7) is 9.39. The monoisotopic (exact) mass is 225 g/mol. The van der Waals surface area contributed by atoms with Crippen molar-refractivity contribution in [1.29, 1.82) is 0 Å². The fourth-order valence-corrected chi connectivity index (χ4v) is 3.04. The molecule has 1 radical (unpaired) electrons. The third-order valence-electron chi connectivity index (χ3n) is 4.57. The minimum atomic E-state index is 0.273. The van der Waals surface area contributed by atoms with E-state index in [1.807, 2.05) is 0 Å². The van der Waals surface area contributed by atoms with Crippen LogP contribution < -0.4 is 0 Å². The summed E-state index contributed by atoms with van der Waals surface area (Å²) < 4.78 is 0. The molecule has 0 heteroatoms. The second kappa shape index (κ2) is 4.22. The van der Waals surface area contributed by atoms with Crippen molar-refractivity contribution in [3.63, 3.8) is 0 Å². The van der Waals surface area contributed by atoms with Crippen LogP contribution in [0.15, 0.2) is 18.2 Å². The molecule has 0 bridgehead atoms. The zero-order valence-electron chi connectivity index (χ0n) is 11.3. The van der Waals surface area contributed by atoms with Crippen molar-refractivity contribution in [3.05, 3.63) is 41.3 Å². The molecule has 2 unspecified atom stereocenters. The fraction of sp³-hybridized carbons (Fsp3) is 0.529. The van der Waals surface area contributed by atoms with Crippen LogP contribution in [0.25, 0.3) is 0 Å². The average molecular weight is 225 g/mol. The predicted molar refractivity (Wildman–Crippen MR) is 72.5 cm³/mol. The highest BCUT2D eigenvalue weighted by molar-refractivity contribution is 5.42. The van der Waals surface area contributed by atoms with E-state index >= 15 is 0 Å². The molecule has 0 nitrogen and oxygen atoms in total. The van der Waals surface area contributed by atoms with E-state index in [9.17, 15) is 0 Å². The van der Waals surface area contributed by atoms with Gasteiger partial charge in [0.1, 0.15) is 0 Å². The maximum atomic E-state index is 7.09. The second-order valence-electron chi connectivity index (χ2n) is 6.03. The van der Waals surface area contributed by atoms with Crippen molar-refractivity contribution in [1.82, 2.24) is 0 Å². The summed E-state index contributed by atoms with van der Waals surface area (Å²) in [5, 5.41) is 0. The zero-order chi connectivity index (χ0) is 12.6. The third-order valence-corrected chi connectivity index (χ3v) is 4.57. The van der Waals surface area contributed by atoms with Crippen LogP contribution in [0.1, 0.15) is 56.7 Å². The number of rotatable bonds is 1. The molecule has 0 amide bonds. The Morgan fingerprint density at radius 1 is 1.35 bits per heavy atom. The molecule has 2 rings (SSSR count). The van der Waals surface area contributed by atoms with E-state index in [1.165, 1.54) is 23.1 Å². The molecule has 0 saturated heterocycles. The zero-order valence-corrected chi connectivity index (χ0v) is 11.3. The molecule has 0 N–H and O–H groups in total. The molecular weight excluding hydrogens is 204 g/mol. The van der Waals surface area contributed by atoms with E-state index in [-0.39, 0.29) is 5.41 Å². The van der Waals surface area contributed by atoms with Crippen molar-refractivity contribution in [3.8, 4) is 5.92 Å². The number of hydrogen-bond donors (Lipinski definition) is 0. The first-order chi connectivity index (χ1) is 7.96. The van der Waals surface area contributed by atoms with Gasteiger partial charge < -0.3 is 0 Å². The molecule has 0 spiro atoms. The first-order valence-electron chi connectivity index (χ1n) is 6.49. The highest BCUT2D eigenvalue weighted by Gasteiger charge is 2.36. The van der Waals surface area contributed by atoms with Gasteiger partial charge in [0.05, 0.1) is 0 Å². The molecule has 0 aromatic heterocycles. The number of benzene rings is 1. The molecule has 17 heavy (non-hydrogen) atoms. The highest BCUT2D eigenvalue weighted by atomic mass is 14.4. The van der Waals surface area contributed by atoms with Gasteiger partial charge in [0.25, 0.3) is 0 Å². The van der Waals surface area contributed by atoms with Crippen LogP contribution in [0.4, 0.5) is 0 Å². The Labute approximate surface area is 105 Å². The molecule has 2 atom stereocenters. The van der Waals surface area contributed by atoms with Crippen molar-refractivity contribution < 1.29 is 0 Å². The van der Waals surface area contributed by atoms with Gasteiger partial charge in [-0.1, -0.05) is 51.8 Å². The third kappa shape index (κ3) is 2.00. The van der Waals surface area contributed by atoms with Gasteiger partial charge in [-0.15, -0.1) is 0 Å². The lowest BCUT2D eigenvalue weighted by atomic mass is 9.63. The van der Waals surface area contributed by atoms with E-state index < -0.39 is 0 Å². The minimum absolute atomic E-state index is 0.273. The van der Waals surface area contributed by atoms with Gasteiger partial charge in [0, 0.05) is 6.42 Å². The molecule has 0 heterocycles. The molecule has 0 aliphatic heterocycles. The van der Waals surface area contributed by atoms with Gasteiger partial charge in [-0.3, -0.25) is 0 Å². The van der Waals surface area contributed by atoms with Gasteiger partial charge in [-0.05, 0) is 46.8 Å². The Bertz CT molecular complexity index is 459. The summed E-state index contributed by atoms with van der Waals surface area (Å²) >= 11 is 0. The van der Waals surface area contributed by atoms with E-state index in [0.29, 0.717) is 12.3 Å². The Kier molecular flexibility index (Phi) is 3.04. The summed E-state index contributed by atoms with van der Waals surface area (Å²) in [6.07, 6.45) is 8.99. The second-order valence-corrected chi connectivity index (χ2v) is 6.03. The first kappa shape index (κ1) is 12.2.